The summed E-state index contributed by atoms with van der Waals surface area (Å²) in [6.45, 7) is 3.85. The van der Waals surface area contributed by atoms with Crippen molar-refractivity contribution >= 4 is 5.91 Å². The third-order valence-electron chi connectivity index (χ3n) is 5.87. The smallest absolute Gasteiger partial charge is 0.246 e. The predicted molar refractivity (Wildman–Crippen MR) is 118 cm³/mol. The first-order valence-electron chi connectivity index (χ1n) is 10.5. The molecule has 2 aromatic rings. The molecule has 1 heterocycles. The number of methoxy groups -OCH3 is 4. The molecule has 2 aromatic carbocycles. The number of benzene rings is 2. The minimum atomic E-state index is -0.122. The number of carbonyl (C=O) groups excluding carboxylic acids is 1. The predicted octanol–water partition coefficient (Wildman–Crippen LogP) is 1.55. The number of rotatable bonds is 9. The summed E-state index contributed by atoms with van der Waals surface area (Å²) < 4.78 is 21.5. The van der Waals surface area contributed by atoms with Crippen molar-refractivity contribution in [3.8, 4) is 17.2 Å². The monoisotopic (exact) mass is 429 g/mol. The van der Waals surface area contributed by atoms with Crippen molar-refractivity contribution in [3.05, 3.63) is 53.1 Å². The molecule has 0 bridgehead atoms. The summed E-state index contributed by atoms with van der Waals surface area (Å²) in [5.41, 5.74) is 3.59. The fraction of sp³-hybridized carbons (Fsp3) is 0.458. The van der Waals surface area contributed by atoms with Crippen LogP contribution in [0.15, 0.2) is 36.4 Å². The first-order chi connectivity index (χ1) is 15.0. The van der Waals surface area contributed by atoms with Crippen molar-refractivity contribution in [1.29, 1.82) is 0 Å². The summed E-state index contributed by atoms with van der Waals surface area (Å²) >= 11 is 0. The third kappa shape index (κ3) is 5.29. The minimum Gasteiger partial charge on any atom is -0.497 e. The quantitative estimate of drug-likeness (QED) is 0.633. The summed E-state index contributed by atoms with van der Waals surface area (Å²) in [5.74, 6) is 2.15. The fourth-order valence-corrected chi connectivity index (χ4v) is 4.49. The van der Waals surface area contributed by atoms with Crippen molar-refractivity contribution in [2.75, 3.05) is 41.6 Å². The highest BCUT2D eigenvalue weighted by molar-refractivity contribution is 5.77. The molecule has 0 fully saturated rings. The average Bonchev–Trinajstić information content (AvgIpc) is 2.78. The van der Waals surface area contributed by atoms with Gasteiger partial charge in [0.05, 0.1) is 33.9 Å². The summed E-state index contributed by atoms with van der Waals surface area (Å²) in [6.07, 6.45) is 0.921. The normalized spacial score (nSPS) is 18.6. The van der Waals surface area contributed by atoms with E-state index in [0.29, 0.717) is 5.75 Å². The Morgan fingerprint density at radius 2 is 1.84 bits per heavy atom. The number of fused-ring (bicyclic) bond motifs is 1. The molecule has 168 valence electrons. The molecular formula is C24H33N2O5+. The van der Waals surface area contributed by atoms with Crippen LogP contribution in [0.3, 0.4) is 0 Å². The van der Waals surface area contributed by atoms with Gasteiger partial charge < -0.3 is 29.2 Å². The topological polar surface area (TPSA) is 70.5 Å². The summed E-state index contributed by atoms with van der Waals surface area (Å²) in [7, 11) is 6.50. The van der Waals surface area contributed by atoms with Crippen LogP contribution in [-0.4, -0.2) is 53.5 Å². The molecule has 0 aromatic heterocycles. The number of quaternary nitrogens is 1. The molecule has 1 unspecified atom stereocenters. The van der Waals surface area contributed by atoms with Gasteiger partial charge in [0.2, 0.25) is 5.91 Å². The molecule has 1 aliphatic heterocycles. The molecule has 3 rings (SSSR count). The number of hydrogen-bond donors (Lipinski definition) is 2. The van der Waals surface area contributed by atoms with Crippen LogP contribution in [0, 0.1) is 0 Å². The number of amides is 1. The van der Waals surface area contributed by atoms with Gasteiger partial charge in [-0.15, -0.1) is 0 Å². The molecule has 0 spiro atoms. The Bertz CT molecular complexity index is 902. The van der Waals surface area contributed by atoms with Crippen LogP contribution in [-0.2, 0) is 22.5 Å². The Hall–Kier alpha value is -2.77. The van der Waals surface area contributed by atoms with Crippen LogP contribution in [0.2, 0.25) is 0 Å². The molecular weight excluding hydrogens is 396 g/mol. The largest absolute Gasteiger partial charge is 0.497 e. The van der Waals surface area contributed by atoms with Crippen molar-refractivity contribution in [2.24, 2.45) is 0 Å². The molecule has 0 aliphatic carbocycles. The standard InChI is InChI=1S/C24H32N2O5/c1-16(25-23(27)15-28-2)24-20-13-22(31-5)21(30-4)12-18(20)9-10-26(24)14-17-7-6-8-19(11-17)29-3/h6-8,11-13,16,24H,9-10,14-15H2,1-5H3,(H,25,27)/p+1/t16-,24-/m1/s1. The molecule has 3 atom stereocenters. The maximum Gasteiger partial charge on any atom is 0.246 e. The highest BCUT2D eigenvalue weighted by Gasteiger charge is 2.37. The van der Waals surface area contributed by atoms with Gasteiger partial charge in [0.1, 0.15) is 24.9 Å². The number of carbonyl (C=O) groups is 1. The van der Waals surface area contributed by atoms with Crippen molar-refractivity contribution in [3.63, 3.8) is 0 Å². The Morgan fingerprint density at radius 3 is 2.52 bits per heavy atom. The van der Waals surface area contributed by atoms with Crippen LogP contribution in [0.4, 0.5) is 0 Å². The maximum absolute atomic E-state index is 12.3. The van der Waals surface area contributed by atoms with E-state index < -0.39 is 0 Å². The highest BCUT2D eigenvalue weighted by Crippen LogP contribution is 2.35. The van der Waals surface area contributed by atoms with Crippen LogP contribution in [0.25, 0.3) is 0 Å². The Kier molecular flexibility index (Phi) is 7.76. The lowest BCUT2D eigenvalue weighted by Gasteiger charge is -2.38. The van der Waals surface area contributed by atoms with E-state index in [1.807, 2.05) is 12.1 Å². The van der Waals surface area contributed by atoms with E-state index in [2.05, 4.69) is 36.5 Å². The highest BCUT2D eigenvalue weighted by atomic mass is 16.5. The molecule has 1 aliphatic rings. The van der Waals surface area contributed by atoms with Crippen LogP contribution in [0.5, 0.6) is 17.2 Å². The van der Waals surface area contributed by atoms with E-state index in [1.165, 1.54) is 28.7 Å². The Labute approximate surface area is 184 Å². The Morgan fingerprint density at radius 1 is 1.10 bits per heavy atom. The zero-order valence-electron chi connectivity index (χ0n) is 19.0. The lowest BCUT2D eigenvalue weighted by atomic mass is 9.87. The van der Waals surface area contributed by atoms with Crippen LogP contribution in [0.1, 0.15) is 29.7 Å². The average molecular weight is 430 g/mol. The number of hydrogen-bond acceptors (Lipinski definition) is 5. The van der Waals surface area contributed by atoms with Gasteiger partial charge in [-0.2, -0.15) is 0 Å². The number of ether oxygens (including phenoxy) is 4. The molecule has 0 saturated carbocycles. The van der Waals surface area contributed by atoms with Crippen molar-refractivity contribution in [1.82, 2.24) is 5.32 Å². The van der Waals surface area contributed by atoms with E-state index in [9.17, 15) is 4.79 Å². The molecule has 7 nitrogen and oxygen atoms in total. The van der Waals surface area contributed by atoms with Gasteiger partial charge in [-0.05, 0) is 36.8 Å². The van der Waals surface area contributed by atoms with E-state index in [-0.39, 0.29) is 24.6 Å². The molecule has 0 saturated heterocycles. The lowest BCUT2D eigenvalue weighted by molar-refractivity contribution is -0.948. The SMILES string of the molecule is COCC(=O)N[C@H](C)[C@@H]1c2cc(OC)c(OC)cc2CC[NH+]1Cc1cccc(OC)c1. The second-order valence-corrected chi connectivity index (χ2v) is 7.86. The third-order valence-corrected chi connectivity index (χ3v) is 5.87. The second-order valence-electron chi connectivity index (χ2n) is 7.86. The summed E-state index contributed by atoms with van der Waals surface area (Å²) in [6, 6.07) is 12.2. The van der Waals surface area contributed by atoms with E-state index in [0.717, 1.165) is 31.0 Å². The first kappa shape index (κ1) is 22.9. The van der Waals surface area contributed by atoms with E-state index in [4.69, 9.17) is 18.9 Å². The minimum absolute atomic E-state index is 0.0427. The molecule has 0 radical (unpaired) electrons. The summed E-state index contributed by atoms with van der Waals surface area (Å²) in [4.78, 5) is 13.6. The first-order valence-corrected chi connectivity index (χ1v) is 10.5. The van der Waals surface area contributed by atoms with Gasteiger partial charge in [0.25, 0.3) is 0 Å². The number of nitrogens with one attached hydrogen (secondary N) is 2. The lowest BCUT2D eigenvalue weighted by Crippen LogP contribution is -3.13. The van der Waals surface area contributed by atoms with Gasteiger partial charge in [-0.3, -0.25) is 4.79 Å². The van der Waals surface area contributed by atoms with Gasteiger partial charge in [0.15, 0.2) is 11.5 Å². The van der Waals surface area contributed by atoms with Crippen molar-refractivity contribution < 1.29 is 28.6 Å². The van der Waals surface area contributed by atoms with E-state index in [1.54, 1.807) is 21.3 Å². The Balaban J connectivity index is 1.97. The van der Waals surface area contributed by atoms with Crippen molar-refractivity contribution in [2.45, 2.75) is 32.0 Å². The molecule has 1 amide bonds. The maximum atomic E-state index is 12.3. The van der Waals surface area contributed by atoms with Gasteiger partial charge in [-0.25, -0.2) is 0 Å². The van der Waals surface area contributed by atoms with Gasteiger partial charge in [0, 0.05) is 24.7 Å². The van der Waals surface area contributed by atoms with Crippen LogP contribution < -0.4 is 24.4 Å². The van der Waals surface area contributed by atoms with E-state index >= 15 is 0 Å². The van der Waals surface area contributed by atoms with Gasteiger partial charge >= 0.3 is 0 Å². The zero-order chi connectivity index (χ0) is 22.4. The summed E-state index contributed by atoms with van der Waals surface area (Å²) in [5, 5.41) is 3.11. The fourth-order valence-electron chi connectivity index (χ4n) is 4.49. The molecule has 7 heteroatoms. The second kappa shape index (κ2) is 10.5. The molecule has 31 heavy (non-hydrogen) atoms. The van der Waals surface area contributed by atoms with Gasteiger partial charge in [-0.1, -0.05) is 12.1 Å². The van der Waals surface area contributed by atoms with Crippen LogP contribution >= 0.6 is 0 Å². The zero-order valence-corrected chi connectivity index (χ0v) is 19.0. The molecule has 2 N–H and O–H groups in total.